The Labute approximate surface area is 64.9 Å². The van der Waals surface area contributed by atoms with Crippen LogP contribution in [0.25, 0.3) is 0 Å². The van der Waals surface area contributed by atoms with Crippen molar-refractivity contribution in [2.75, 3.05) is 13.2 Å². The maximum atomic E-state index is 8.56. The molecule has 4 N–H and O–H groups in total. The Bertz CT molecular complexity index is 75.0. The summed E-state index contributed by atoms with van der Waals surface area (Å²) in [6.45, 7) is 0.500. The van der Waals surface area contributed by atoms with Crippen LogP contribution in [0.1, 0.15) is 19.3 Å². The number of rotatable bonds is 4. The van der Waals surface area contributed by atoms with Crippen LogP contribution >= 0.6 is 0 Å². The molecular formula is C6H14O5. The van der Waals surface area contributed by atoms with Gasteiger partial charge in [0.25, 0.3) is 0 Å². The predicted molar refractivity (Wildman–Crippen MR) is 38.7 cm³/mol. The fourth-order valence-corrected chi connectivity index (χ4v) is 0.400. The van der Waals surface area contributed by atoms with Gasteiger partial charge in [-0.05, 0) is 19.3 Å². The normalized spacial score (nSPS) is 8.18. The minimum atomic E-state index is -1.83. The summed E-state index contributed by atoms with van der Waals surface area (Å²) in [4.78, 5) is 8.56. The monoisotopic (exact) mass is 166 g/mol. The lowest BCUT2D eigenvalue weighted by Gasteiger charge is -1.90. The summed E-state index contributed by atoms with van der Waals surface area (Å²) < 4.78 is 0. The molecule has 0 rings (SSSR count). The second kappa shape index (κ2) is 11.9. The highest BCUT2D eigenvalue weighted by atomic mass is 16.6. The Morgan fingerprint density at radius 1 is 0.909 bits per heavy atom. The van der Waals surface area contributed by atoms with Crippen LogP contribution in [-0.4, -0.2) is 39.8 Å². The van der Waals surface area contributed by atoms with Crippen LogP contribution in [0.2, 0.25) is 0 Å². The lowest BCUT2D eigenvalue weighted by atomic mass is 10.2. The van der Waals surface area contributed by atoms with Crippen LogP contribution in [0.3, 0.4) is 0 Å². The first-order valence-corrected chi connectivity index (χ1v) is 3.28. The van der Waals surface area contributed by atoms with Gasteiger partial charge in [-0.15, -0.1) is 0 Å². The lowest BCUT2D eigenvalue weighted by molar-refractivity contribution is 0.137. The lowest BCUT2D eigenvalue weighted by Crippen LogP contribution is -1.85. The molecule has 0 aromatic rings. The summed E-state index contributed by atoms with van der Waals surface area (Å²) in [7, 11) is 0. The molecule has 0 bridgehead atoms. The molecule has 0 saturated heterocycles. The van der Waals surface area contributed by atoms with E-state index >= 15 is 0 Å². The van der Waals surface area contributed by atoms with E-state index in [1.54, 1.807) is 0 Å². The number of hydrogen-bond acceptors (Lipinski definition) is 3. The number of aliphatic hydroxyl groups excluding tert-OH is 2. The number of carboxylic acid groups (broad SMARTS) is 2. The third kappa shape index (κ3) is 46.7. The Kier molecular flexibility index (Phi) is 13.9. The maximum Gasteiger partial charge on any atom is 0.503 e. The minimum Gasteiger partial charge on any atom is -0.450 e. The first-order valence-electron chi connectivity index (χ1n) is 3.28. The van der Waals surface area contributed by atoms with Gasteiger partial charge in [0.15, 0.2) is 0 Å². The van der Waals surface area contributed by atoms with Crippen molar-refractivity contribution < 1.29 is 25.2 Å². The minimum absolute atomic E-state index is 0.250. The second-order valence-electron chi connectivity index (χ2n) is 1.79. The van der Waals surface area contributed by atoms with Crippen molar-refractivity contribution in [2.24, 2.45) is 0 Å². The summed E-state index contributed by atoms with van der Waals surface area (Å²) in [5.41, 5.74) is 0. The van der Waals surface area contributed by atoms with Crippen molar-refractivity contribution in [1.82, 2.24) is 0 Å². The fourth-order valence-electron chi connectivity index (χ4n) is 0.400. The number of unbranched alkanes of at least 4 members (excludes halogenated alkanes) is 2. The van der Waals surface area contributed by atoms with E-state index in [4.69, 9.17) is 25.2 Å². The van der Waals surface area contributed by atoms with Crippen molar-refractivity contribution in [3.63, 3.8) is 0 Å². The highest BCUT2D eigenvalue weighted by molar-refractivity contribution is 5.53. The number of aliphatic hydroxyl groups is 2. The van der Waals surface area contributed by atoms with Crippen LogP contribution in [0, 0.1) is 0 Å². The smallest absolute Gasteiger partial charge is 0.450 e. The van der Waals surface area contributed by atoms with E-state index < -0.39 is 6.16 Å². The summed E-state index contributed by atoms with van der Waals surface area (Å²) in [5, 5.41) is 30.4. The Hall–Kier alpha value is -0.810. The van der Waals surface area contributed by atoms with Crippen LogP contribution < -0.4 is 0 Å². The molecule has 68 valence electrons. The summed E-state index contributed by atoms with van der Waals surface area (Å²) in [6.07, 6.45) is 0.744. The first-order chi connectivity index (χ1) is 5.15. The Morgan fingerprint density at radius 3 is 1.36 bits per heavy atom. The molecule has 0 aliphatic rings. The van der Waals surface area contributed by atoms with E-state index in [-0.39, 0.29) is 13.2 Å². The average molecular weight is 166 g/mol. The predicted octanol–water partition coefficient (Wildman–Crippen LogP) is 0.364. The van der Waals surface area contributed by atoms with Gasteiger partial charge < -0.3 is 20.4 Å². The van der Waals surface area contributed by atoms with E-state index in [9.17, 15) is 0 Å². The van der Waals surface area contributed by atoms with Crippen molar-refractivity contribution in [3.05, 3.63) is 0 Å². The molecule has 5 nitrogen and oxygen atoms in total. The Balaban J connectivity index is 0. The summed E-state index contributed by atoms with van der Waals surface area (Å²) in [6, 6.07) is 0. The molecular weight excluding hydrogens is 152 g/mol. The van der Waals surface area contributed by atoms with Crippen molar-refractivity contribution in [2.45, 2.75) is 19.3 Å². The average Bonchev–Trinajstić information content (AvgIpc) is 1.88. The molecule has 0 amide bonds. The van der Waals surface area contributed by atoms with Crippen molar-refractivity contribution in [3.8, 4) is 0 Å². The molecule has 0 aliphatic carbocycles. The second-order valence-corrected chi connectivity index (χ2v) is 1.79. The first kappa shape index (κ1) is 12.8. The highest BCUT2D eigenvalue weighted by Gasteiger charge is 1.81. The highest BCUT2D eigenvalue weighted by Crippen LogP contribution is 1.90. The molecule has 11 heavy (non-hydrogen) atoms. The molecule has 0 radical (unpaired) electrons. The van der Waals surface area contributed by atoms with E-state index in [1.165, 1.54) is 0 Å². The van der Waals surface area contributed by atoms with Crippen LogP contribution in [0.15, 0.2) is 0 Å². The largest absolute Gasteiger partial charge is 0.503 e. The third-order valence-corrected chi connectivity index (χ3v) is 0.816. The molecule has 5 heteroatoms. The van der Waals surface area contributed by atoms with Crippen LogP contribution in [0.5, 0.6) is 0 Å². The van der Waals surface area contributed by atoms with Gasteiger partial charge >= 0.3 is 6.16 Å². The van der Waals surface area contributed by atoms with Gasteiger partial charge in [0.05, 0.1) is 0 Å². The molecule has 0 aromatic heterocycles. The van der Waals surface area contributed by atoms with Gasteiger partial charge in [-0.25, -0.2) is 4.79 Å². The fraction of sp³-hybridized carbons (Fsp3) is 0.833. The van der Waals surface area contributed by atoms with Gasteiger partial charge in [-0.2, -0.15) is 0 Å². The topological polar surface area (TPSA) is 98.0 Å². The molecule has 0 heterocycles. The van der Waals surface area contributed by atoms with Crippen LogP contribution in [0.4, 0.5) is 4.79 Å². The Morgan fingerprint density at radius 2 is 1.18 bits per heavy atom. The molecule has 0 aliphatic heterocycles. The zero-order valence-electron chi connectivity index (χ0n) is 6.23. The molecule has 0 aromatic carbocycles. The standard InChI is InChI=1S/C5H12O2.CH2O3/c6-4-2-1-3-5-7;2-1(3)4/h6-7H,1-5H2;(H2,2,3,4). The van der Waals surface area contributed by atoms with E-state index in [1.807, 2.05) is 0 Å². The zero-order valence-corrected chi connectivity index (χ0v) is 6.23. The zero-order chi connectivity index (χ0) is 9.11. The third-order valence-electron chi connectivity index (χ3n) is 0.816. The SMILES string of the molecule is O=C(O)O.OCCCCCO. The summed E-state index contributed by atoms with van der Waals surface area (Å²) >= 11 is 0. The van der Waals surface area contributed by atoms with Gasteiger partial charge in [0.2, 0.25) is 0 Å². The molecule has 0 unspecified atom stereocenters. The molecule has 0 spiro atoms. The number of hydrogen-bond donors (Lipinski definition) is 4. The molecule has 0 fully saturated rings. The van der Waals surface area contributed by atoms with Gasteiger partial charge in [-0.3, -0.25) is 0 Å². The van der Waals surface area contributed by atoms with Gasteiger partial charge in [0, 0.05) is 13.2 Å². The summed E-state index contributed by atoms with van der Waals surface area (Å²) in [5.74, 6) is 0. The molecule has 0 saturated carbocycles. The van der Waals surface area contributed by atoms with Crippen molar-refractivity contribution in [1.29, 1.82) is 0 Å². The quantitative estimate of drug-likeness (QED) is 0.452. The van der Waals surface area contributed by atoms with E-state index in [0.717, 1.165) is 19.3 Å². The van der Waals surface area contributed by atoms with E-state index in [2.05, 4.69) is 0 Å². The van der Waals surface area contributed by atoms with Crippen molar-refractivity contribution >= 4 is 6.16 Å². The van der Waals surface area contributed by atoms with Gasteiger partial charge in [0.1, 0.15) is 0 Å². The molecule has 0 atom stereocenters. The van der Waals surface area contributed by atoms with E-state index in [0.29, 0.717) is 0 Å². The van der Waals surface area contributed by atoms with Crippen LogP contribution in [-0.2, 0) is 0 Å². The van der Waals surface area contributed by atoms with Gasteiger partial charge in [-0.1, -0.05) is 0 Å². The number of carbonyl (C=O) groups is 1. The maximum absolute atomic E-state index is 8.56.